The smallest absolute Gasteiger partial charge is 0.282 e. The summed E-state index contributed by atoms with van der Waals surface area (Å²) < 4.78 is 0. The van der Waals surface area contributed by atoms with E-state index in [1.165, 1.54) is 16.2 Å². The second-order valence-electron chi connectivity index (χ2n) is 7.66. The quantitative estimate of drug-likeness (QED) is 0.742. The Kier molecular flexibility index (Phi) is 4.64. The number of nitrogens with zero attached hydrogens (tertiary/aromatic N) is 2. The summed E-state index contributed by atoms with van der Waals surface area (Å²) in [5.41, 5.74) is 3.89. The lowest BCUT2D eigenvalue weighted by molar-refractivity contribution is -0.120. The molecule has 140 valence electrons. The molecule has 0 atom stereocenters. The van der Waals surface area contributed by atoms with E-state index in [2.05, 4.69) is 17.9 Å². The summed E-state index contributed by atoms with van der Waals surface area (Å²) in [6.07, 6.45) is 2.10. The van der Waals surface area contributed by atoms with Gasteiger partial charge >= 0.3 is 0 Å². The molecular weight excluding hydrogens is 356 g/mol. The van der Waals surface area contributed by atoms with E-state index < -0.39 is 0 Å². The minimum Gasteiger partial charge on any atom is -0.366 e. The highest BCUT2D eigenvalue weighted by Crippen LogP contribution is 2.38. The van der Waals surface area contributed by atoms with Crippen LogP contribution in [0, 0.1) is 19.8 Å². The molecule has 0 aliphatic carbocycles. The van der Waals surface area contributed by atoms with Gasteiger partial charge < -0.3 is 4.90 Å². The Balaban J connectivity index is 1.80. The summed E-state index contributed by atoms with van der Waals surface area (Å²) in [6, 6.07) is 9.74. The lowest BCUT2D eigenvalue weighted by atomic mass is 9.98. The van der Waals surface area contributed by atoms with Crippen molar-refractivity contribution in [2.75, 3.05) is 18.0 Å². The molecule has 1 fully saturated rings. The van der Waals surface area contributed by atoms with Gasteiger partial charge in [-0.2, -0.15) is 0 Å². The number of anilines is 1. The van der Waals surface area contributed by atoms with Crippen molar-refractivity contribution in [1.82, 2.24) is 4.90 Å². The summed E-state index contributed by atoms with van der Waals surface area (Å²) in [5, 5.41) is 1.95. The standard InChI is InChI=1S/C22H24N2O2S/c1-14-6-8-23(9-7-14)20-19(18-5-4-10-27-18)21(25)24(22(20)26)17-12-15(2)11-16(3)13-17/h4-5,10-14H,6-9H2,1-3H3. The van der Waals surface area contributed by atoms with Gasteiger partial charge in [0, 0.05) is 18.0 Å². The molecule has 2 aliphatic rings. The normalized spacial score (nSPS) is 18.8. The molecule has 0 bridgehead atoms. The largest absolute Gasteiger partial charge is 0.366 e. The molecule has 0 spiro atoms. The number of benzene rings is 1. The average molecular weight is 381 g/mol. The van der Waals surface area contributed by atoms with Gasteiger partial charge in [-0.25, -0.2) is 4.90 Å². The van der Waals surface area contributed by atoms with E-state index >= 15 is 0 Å². The van der Waals surface area contributed by atoms with Gasteiger partial charge in [0.15, 0.2) is 0 Å². The third-order valence-electron chi connectivity index (χ3n) is 5.39. The zero-order valence-corrected chi connectivity index (χ0v) is 16.8. The van der Waals surface area contributed by atoms with Crippen LogP contribution in [0.15, 0.2) is 41.4 Å². The monoisotopic (exact) mass is 380 g/mol. The van der Waals surface area contributed by atoms with E-state index in [0.29, 0.717) is 22.9 Å². The second kappa shape index (κ2) is 6.97. The minimum atomic E-state index is -0.207. The van der Waals surface area contributed by atoms with Crippen LogP contribution in [0.4, 0.5) is 5.69 Å². The van der Waals surface area contributed by atoms with Gasteiger partial charge in [-0.15, -0.1) is 11.3 Å². The molecule has 0 saturated carbocycles. The number of amides is 2. The maximum absolute atomic E-state index is 13.4. The topological polar surface area (TPSA) is 40.6 Å². The minimum absolute atomic E-state index is 0.192. The number of rotatable bonds is 3. The van der Waals surface area contributed by atoms with Gasteiger partial charge in [0.25, 0.3) is 11.8 Å². The molecule has 0 unspecified atom stereocenters. The lowest BCUT2D eigenvalue weighted by Gasteiger charge is -2.32. The maximum Gasteiger partial charge on any atom is 0.282 e. The maximum atomic E-state index is 13.4. The van der Waals surface area contributed by atoms with Gasteiger partial charge in [0.2, 0.25) is 0 Å². The van der Waals surface area contributed by atoms with Gasteiger partial charge in [0.05, 0.1) is 11.3 Å². The number of piperidine rings is 1. The van der Waals surface area contributed by atoms with Crippen LogP contribution in [0.25, 0.3) is 5.57 Å². The number of likely N-dealkylation sites (tertiary alicyclic amines) is 1. The Morgan fingerprint density at radius 3 is 2.26 bits per heavy atom. The molecule has 27 heavy (non-hydrogen) atoms. The third-order valence-corrected chi connectivity index (χ3v) is 6.28. The van der Waals surface area contributed by atoms with Crippen LogP contribution >= 0.6 is 11.3 Å². The molecule has 5 heteroatoms. The average Bonchev–Trinajstić information content (AvgIpc) is 3.21. The third kappa shape index (κ3) is 3.21. The van der Waals surface area contributed by atoms with Crippen molar-refractivity contribution in [1.29, 1.82) is 0 Å². The molecule has 3 heterocycles. The SMILES string of the molecule is Cc1cc(C)cc(N2C(=O)C(c3cccs3)=C(N3CCC(C)CC3)C2=O)c1. The first-order valence-electron chi connectivity index (χ1n) is 9.46. The number of hydrogen-bond donors (Lipinski definition) is 0. The van der Waals surface area contributed by atoms with Crippen molar-refractivity contribution >= 4 is 34.4 Å². The first-order valence-corrected chi connectivity index (χ1v) is 10.3. The van der Waals surface area contributed by atoms with Crippen LogP contribution in [-0.2, 0) is 9.59 Å². The highest BCUT2D eigenvalue weighted by molar-refractivity contribution is 7.11. The molecule has 1 saturated heterocycles. The van der Waals surface area contributed by atoms with E-state index in [9.17, 15) is 9.59 Å². The van der Waals surface area contributed by atoms with Crippen molar-refractivity contribution in [3.8, 4) is 0 Å². The van der Waals surface area contributed by atoms with Crippen LogP contribution in [0.1, 0.15) is 35.8 Å². The van der Waals surface area contributed by atoms with E-state index in [1.807, 2.05) is 43.5 Å². The van der Waals surface area contributed by atoms with Crippen molar-refractivity contribution in [2.45, 2.75) is 33.6 Å². The van der Waals surface area contributed by atoms with Gasteiger partial charge in [0.1, 0.15) is 5.70 Å². The number of hydrogen-bond acceptors (Lipinski definition) is 4. The summed E-state index contributed by atoms with van der Waals surface area (Å²) in [6.45, 7) is 7.87. The Labute approximate surface area is 164 Å². The number of carbonyl (C=O) groups is 2. The van der Waals surface area contributed by atoms with Crippen LogP contribution in [-0.4, -0.2) is 29.8 Å². The Hall–Kier alpha value is -2.40. The molecule has 1 aromatic heterocycles. The highest BCUT2D eigenvalue weighted by Gasteiger charge is 2.43. The van der Waals surface area contributed by atoms with Crippen molar-refractivity contribution in [3.05, 3.63) is 57.4 Å². The molecule has 2 aliphatic heterocycles. The van der Waals surface area contributed by atoms with Crippen LogP contribution in [0.3, 0.4) is 0 Å². The van der Waals surface area contributed by atoms with E-state index in [0.717, 1.165) is 41.9 Å². The van der Waals surface area contributed by atoms with E-state index in [1.54, 1.807) is 0 Å². The fraction of sp³-hybridized carbons (Fsp3) is 0.364. The van der Waals surface area contributed by atoms with Crippen LogP contribution in [0.2, 0.25) is 0 Å². The summed E-state index contributed by atoms with van der Waals surface area (Å²) in [7, 11) is 0. The van der Waals surface area contributed by atoms with Crippen molar-refractivity contribution in [2.24, 2.45) is 5.92 Å². The second-order valence-corrected chi connectivity index (χ2v) is 8.61. The highest BCUT2D eigenvalue weighted by atomic mass is 32.1. The molecule has 2 aromatic rings. The number of imide groups is 1. The van der Waals surface area contributed by atoms with Gasteiger partial charge in [-0.1, -0.05) is 19.1 Å². The predicted molar refractivity (Wildman–Crippen MR) is 110 cm³/mol. The summed E-state index contributed by atoms with van der Waals surface area (Å²) in [4.78, 5) is 31.2. The molecule has 1 aromatic carbocycles. The lowest BCUT2D eigenvalue weighted by Crippen LogP contribution is -2.38. The Bertz CT molecular complexity index is 902. The first kappa shape index (κ1) is 18.0. The molecule has 4 rings (SSSR count). The Morgan fingerprint density at radius 2 is 1.67 bits per heavy atom. The summed E-state index contributed by atoms with van der Waals surface area (Å²) in [5.74, 6) is 0.263. The molecule has 0 radical (unpaired) electrons. The fourth-order valence-corrected chi connectivity index (χ4v) is 4.76. The molecular formula is C22H24N2O2S. The fourth-order valence-electron chi connectivity index (χ4n) is 4.00. The van der Waals surface area contributed by atoms with E-state index in [4.69, 9.17) is 0 Å². The predicted octanol–water partition coefficient (Wildman–Crippen LogP) is 4.38. The van der Waals surface area contributed by atoms with Gasteiger partial charge in [-0.3, -0.25) is 9.59 Å². The molecule has 2 amide bonds. The zero-order chi connectivity index (χ0) is 19.1. The molecule has 4 nitrogen and oxygen atoms in total. The summed E-state index contributed by atoms with van der Waals surface area (Å²) >= 11 is 1.51. The zero-order valence-electron chi connectivity index (χ0n) is 16.0. The van der Waals surface area contributed by atoms with E-state index in [-0.39, 0.29) is 11.8 Å². The first-order chi connectivity index (χ1) is 13.0. The van der Waals surface area contributed by atoms with Crippen LogP contribution < -0.4 is 4.90 Å². The van der Waals surface area contributed by atoms with Crippen molar-refractivity contribution in [3.63, 3.8) is 0 Å². The number of carbonyl (C=O) groups excluding carboxylic acids is 2. The van der Waals surface area contributed by atoms with Crippen molar-refractivity contribution < 1.29 is 9.59 Å². The number of thiophene rings is 1. The van der Waals surface area contributed by atoms with Crippen LogP contribution in [0.5, 0.6) is 0 Å². The molecule has 0 N–H and O–H groups in total. The van der Waals surface area contributed by atoms with Gasteiger partial charge in [-0.05, 0) is 67.3 Å². The number of aryl methyl sites for hydroxylation is 2. The Morgan fingerprint density at radius 1 is 1.00 bits per heavy atom.